The predicted octanol–water partition coefficient (Wildman–Crippen LogP) is 0.882. The Kier molecular flexibility index (Phi) is 3.71. The molecule has 4 heteroatoms. The number of carbonyl (C=O) groups excluding carboxylic acids is 1. The van der Waals surface area contributed by atoms with Gasteiger partial charge in [-0.15, -0.1) is 0 Å². The Balaban J connectivity index is 2.48. The van der Waals surface area contributed by atoms with Crippen LogP contribution in [0.25, 0.3) is 0 Å². The second-order valence-electron chi connectivity index (χ2n) is 3.38. The lowest BCUT2D eigenvalue weighted by molar-refractivity contribution is -0.116. The normalized spacial score (nSPS) is 10.2. The largest absolute Gasteiger partial charge is 0.353 e. The van der Waals surface area contributed by atoms with Crippen LogP contribution < -0.4 is 10.6 Å². The lowest BCUT2D eigenvalue weighted by atomic mass is 10.3. The molecule has 0 aromatic carbocycles. The van der Waals surface area contributed by atoms with Crippen LogP contribution in [-0.2, 0) is 11.8 Å². The number of hydrogen-bond donors (Lipinski definition) is 2. The van der Waals surface area contributed by atoms with Crippen molar-refractivity contribution in [3.63, 3.8) is 0 Å². The molecule has 0 saturated heterocycles. The van der Waals surface area contributed by atoms with E-state index in [4.69, 9.17) is 0 Å². The van der Waals surface area contributed by atoms with Gasteiger partial charge in [0.15, 0.2) is 0 Å². The van der Waals surface area contributed by atoms with Gasteiger partial charge in [0.1, 0.15) is 0 Å². The van der Waals surface area contributed by atoms with Crippen LogP contribution in [0.1, 0.15) is 12.1 Å². The third kappa shape index (κ3) is 2.88. The van der Waals surface area contributed by atoms with Gasteiger partial charge < -0.3 is 15.2 Å². The Morgan fingerprint density at radius 3 is 2.79 bits per heavy atom. The maximum absolute atomic E-state index is 11.3. The monoisotopic (exact) mass is 195 g/mol. The van der Waals surface area contributed by atoms with Crippen LogP contribution in [0.4, 0.5) is 5.69 Å². The molecule has 4 nitrogen and oxygen atoms in total. The molecule has 0 unspecified atom stereocenters. The quantitative estimate of drug-likeness (QED) is 0.749. The zero-order chi connectivity index (χ0) is 10.6. The summed E-state index contributed by atoms with van der Waals surface area (Å²) in [6, 6.07) is 1.96. The van der Waals surface area contributed by atoms with Crippen LogP contribution in [0.2, 0.25) is 0 Å². The van der Waals surface area contributed by atoms with E-state index in [-0.39, 0.29) is 5.91 Å². The Bertz CT molecular complexity index is 298. The van der Waals surface area contributed by atoms with E-state index >= 15 is 0 Å². The summed E-state index contributed by atoms with van der Waals surface area (Å²) in [5.41, 5.74) is 2.00. The van der Waals surface area contributed by atoms with Crippen LogP contribution in [0.5, 0.6) is 0 Å². The maximum Gasteiger partial charge on any atom is 0.225 e. The first-order valence-electron chi connectivity index (χ1n) is 4.71. The van der Waals surface area contributed by atoms with Gasteiger partial charge in [-0.2, -0.15) is 0 Å². The van der Waals surface area contributed by atoms with E-state index in [2.05, 4.69) is 10.6 Å². The third-order valence-corrected chi connectivity index (χ3v) is 2.14. The van der Waals surface area contributed by atoms with Gasteiger partial charge in [-0.05, 0) is 20.0 Å². The Hall–Kier alpha value is -1.29. The number of nitrogens with one attached hydrogen (secondary N) is 2. The molecule has 1 aromatic heterocycles. The van der Waals surface area contributed by atoms with E-state index in [9.17, 15) is 4.79 Å². The highest BCUT2D eigenvalue weighted by molar-refractivity contribution is 5.90. The average Bonchev–Trinajstić information content (AvgIpc) is 2.42. The molecular formula is C10H17N3O. The lowest BCUT2D eigenvalue weighted by Crippen LogP contribution is -2.18. The zero-order valence-electron chi connectivity index (χ0n) is 8.92. The van der Waals surface area contributed by atoms with E-state index in [0.717, 1.165) is 11.4 Å². The first-order valence-corrected chi connectivity index (χ1v) is 4.71. The molecular weight excluding hydrogens is 178 g/mol. The fourth-order valence-corrected chi connectivity index (χ4v) is 1.20. The number of aromatic nitrogens is 1. The molecule has 0 atom stereocenters. The van der Waals surface area contributed by atoms with Gasteiger partial charge in [0.05, 0.1) is 5.69 Å². The second-order valence-corrected chi connectivity index (χ2v) is 3.38. The number of hydrogen-bond acceptors (Lipinski definition) is 2. The van der Waals surface area contributed by atoms with Crippen molar-refractivity contribution in [2.24, 2.45) is 7.05 Å². The summed E-state index contributed by atoms with van der Waals surface area (Å²) in [4.78, 5) is 11.3. The number of anilines is 1. The van der Waals surface area contributed by atoms with Crippen molar-refractivity contribution in [2.75, 3.05) is 18.9 Å². The van der Waals surface area contributed by atoms with Crippen LogP contribution >= 0.6 is 0 Å². The van der Waals surface area contributed by atoms with Gasteiger partial charge in [-0.25, -0.2) is 0 Å². The molecule has 2 N–H and O–H groups in total. The van der Waals surface area contributed by atoms with Crippen LogP contribution in [-0.4, -0.2) is 24.1 Å². The highest BCUT2D eigenvalue weighted by Crippen LogP contribution is 2.11. The molecule has 0 radical (unpaired) electrons. The van der Waals surface area contributed by atoms with Crippen molar-refractivity contribution in [3.05, 3.63) is 18.0 Å². The number of nitrogens with zero attached hydrogens (tertiary/aromatic N) is 1. The van der Waals surface area contributed by atoms with Crippen molar-refractivity contribution in [2.45, 2.75) is 13.3 Å². The minimum Gasteiger partial charge on any atom is -0.353 e. The van der Waals surface area contributed by atoms with Gasteiger partial charge in [0, 0.05) is 31.9 Å². The van der Waals surface area contributed by atoms with E-state index in [1.54, 1.807) is 0 Å². The molecule has 0 aliphatic heterocycles. The minimum absolute atomic E-state index is 0.0463. The molecule has 0 spiro atoms. The summed E-state index contributed by atoms with van der Waals surface area (Å²) in [6.45, 7) is 2.71. The van der Waals surface area contributed by atoms with Crippen molar-refractivity contribution in [1.29, 1.82) is 0 Å². The molecule has 1 amide bonds. The molecule has 1 aromatic rings. The average molecular weight is 195 g/mol. The van der Waals surface area contributed by atoms with Crippen molar-refractivity contribution >= 4 is 11.6 Å². The van der Waals surface area contributed by atoms with Gasteiger partial charge >= 0.3 is 0 Å². The van der Waals surface area contributed by atoms with E-state index < -0.39 is 0 Å². The summed E-state index contributed by atoms with van der Waals surface area (Å²) >= 11 is 0. The Morgan fingerprint density at radius 1 is 1.57 bits per heavy atom. The topological polar surface area (TPSA) is 46.1 Å². The summed E-state index contributed by atoms with van der Waals surface area (Å²) in [5.74, 6) is 0.0463. The molecule has 0 bridgehead atoms. The van der Waals surface area contributed by atoms with E-state index in [0.29, 0.717) is 13.0 Å². The summed E-state index contributed by atoms with van der Waals surface area (Å²) in [7, 11) is 3.79. The van der Waals surface area contributed by atoms with Gasteiger partial charge in [-0.1, -0.05) is 0 Å². The zero-order valence-corrected chi connectivity index (χ0v) is 8.92. The lowest BCUT2D eigenvalue weighted by Gasteiger charge is -2.01. The highest BCUT2D eigenvalue weighted by Gasteiger charge is 2.03. The SMILES string of the molecule is CNCCC(=O)Nc1cc(C)n(C)c1. The maximum atomic E-state index is 11.3. The summed E-state index contributed by atoms with van der Waals surface area (Å²) in [5, 5.41) is 5.77. The van der Waals surface area contributed by atoms with E-state index in [1.807, 2.05) is 37.8 Å². The van der Waals surface area contributed by atoms with Gasteiger partial charge in [0.2, 0.25) is 5.91 Å². The molecule has 14 heavy (non-hydrogen) atoms. The van der Waals surface area contributed by atoms with Crippen LogP contribution in [0, 0.1) is 6.92 Å². The third-order valence-electron chi connectivity index (χ3n) is 2.14. The summed E-state index contributed by atoms with van der Waals surface area (Å²) < 4.78 is 1.98. The van der Waals surface area contributed by atoms with Gasteiger partial charge in [0.25, 0.3) is 0 Å². The smallest absolute Gasteiger partial charge is 0.225 e. The fourth-order valence-electron chi connectivity index (χ4n) is 1.20. The number of carbonyl (C=O) groups is 1. The minimum atomic E-state index is 0.0463. The number of rotatable bonds is 4. The molecule has 0 aliphatic carbocycles. The predicted molar refractivity (Wildman–Crippen MR) is 57.3 cm³/mol. The van der Waals surface area contributed by atoms with Gasteiger partial charge in [-0.3, -0.25) is 4.79 Å². The molecule has 0 saturated carbocycles. The Morgan fingerprint density at radius 2 is 2.29 bits per heavy atom. The highest BCUT2D eigenvalue weighted by atomic mass is 16.1. The molecule has 78 valence electrons. The number of aryl methyl sites for hydroxylation is 2. The first-order chi connectivity index (χ1) is 6.63. The molecule has 1 rings (SSSR count). The van der Waals surface area contributed by atoms with E-state index in [1.165, 1.54) is 0 Å². The summed E-state index contributed by atoms with van der Waals surface area (Å²) in [6.07, 6.45) is 2.41. The number of amides is 1. The standard InChI is InChI=1S/C10H17N3O/c1-8-6-9(7-13(8)3)12-10(14)4-5-11-2/h6-7,11H,4-5H2,1-3H3,(H,12,14). The van der Waals surface area contributed by atoms with Crippen molar-refractivity contribution in [1.82, 2.24) is 9.88 Å². The Labute approximate surface area is 84.3 Å². The van der Waals surface area contributed by atoms with Crippen LogP contribution in [0.3, 0.4) is 0 Å². The molecule has 0 aliphatic rings. The molecule has 0 fully saturated rings. The first kappa shape index (κ1) is 10.8. The van der Waals surface area contributed by atoms with Crippen molar-refractivity contribution in [3.8, 4) is 0 Å². The fraction of sp³-hybridized carbons (Fsp3) is 0.500. The van der Waals surface area contributed by atoms with Crippen molar-refractivity contribution < 1.29 is 4.79 Å². The molecule has 1 heterocycles. The van der Waals surface area contributed by atoms with Crippen LogP contribution in [0.15, 0.2) is 12.3 Å². The second kappa shape index (κ2) is 4.81.